The summed E-state index contributed by atoms with van der Waals surface area (Å²) in [5.41, 5.74) is 6.39. The molecule has 30 heavy (non-hydrogen) atoms. The summed E-state index contributed by atoms with van der Waals surface area (Å²) in [7, 11) is 0. The molecule has 0 saturated carbocycles. The highest BCUT2D eigenvalue weighted by Crippen LogP contribution is 2.24. The van der Waals surface area contributed by atoms with Gasteiger partial charge in [-0.25, -0.2) is 4.99 Å². The fourth-order valence-corrected chi connectivity index (χ4v) is 3.04. The molecule has 0 aliphatic carbocycles. The van der Waals surface area contributed by atoms with Gasteiger partial charge in [-0.3, -0.25) is 20.3 Å². The van der Waals surface area contributed by atoms with E-state index in [-0.39, 0.29) is 17.3 Å². The summed E-state index contributed by atoms with van der Waals surface area (Å²) >= 11 is 0. The van der Waals surface area contributed by atoms with Gasteiger partial charge < -0.3 is 0 Å². The van der Waals surface area contributed by atoms with Crippen LogP contribution in [0.5, 0.6) is 0 Å². The number of aryl methyl sites for hydroxylation is 1. The third-order valence-corrected chi connectivity index (χ3v) is 4.57. The van der Waals surface area contributed by atoms with Crippen molar-refractivity contribution >= 4 is 29.2 Å². The Morgan fingerprint density at radius 3 is 2.43 bits per heavy atom. The van der Waals surface area contributed by atoms with Gasteiger partial charge in [0.25, 0.3) is 11.6 Å². The molecule has 7 heteroatoms. The lowest BCUT2D eigenvalue weighted by Gasteiger charge is -2.20. The van der Waals surface area contributed by atoms with Crippen LogP contribution in [0.1, 0.15) is 16.7 Å². The normalized spacial score (nSPS) is 14.7. The highest BCUT2D eigenvalue weighted by molar-refractivity contribution is 6.20. The number of nitro groups is 1. The zero-order valence-corrected chi connectivity index (χ0v) is 16.1. The Labute approximate surface area is 173 Å². The van der Waals surface area contributed by atoms with Crippen LogP contribution in [0.3, 0.4) is 0 Å². The van der Waals surface area contributed by atoms with Gasteiger partial charge in [0.1, 0.15) is 5.70 Å². The first-order valence-corrected chi connectivity index (χ1v) is 9.29. The lowest BCUT2D eigenvalue weighted by molar-refractivity contribution is -0.384. The molecule has 1 heterocycles. The number of para-hydroxylation sites is 1. The molecular weight excluding hydrogens is 380 g/mol. The summed E-state index contributed by atoms with van der Waals surface area (Å²) in [6, 6.07) is 23.1. The van der Waals surface area contributed by atoms with E-state index in [4.69, 9.17) is 0 Å². The molecule has 0 unspecified atom stereocenters. The van der Waals surface area contributed by atoms with E-state index < -0.39 is 4.92 Å². The van der Waals surface area contributed by atoms with Gasteiger partial charge in [0.2, 0.25) is 0 Å². The number of hydrogen-bond acceptors (Lipinski definition) is 5. The van der Waals surface area contributed by atoms with Crippen LogP contribution in [0.4, 0.5) is 11.4 Å². The molecule has 1 aliphatic heterocycles. The molecule has 0 fully saturated rings. The van der Waals surface area contributed by atoms with E-state index in [2.05, 4.69) is 10.4 Å². The van der Waals surface area contributed by atoms with E-state index >= 15 is 0 Å². The highest BCUT2D eigenvalue weighted by atomic mass is 16.6. The molecule has 0 bridgehead atoms. The molecule has 0 spiro atoms. The molecule has 3 aromatic carbocycles. The fraction of sp³-hybridized carbons (Fsp3) is 0.0435. The molecular formula is C23H18N4O3. The number of nitro benzene ring substituents is 1. The van der Waals surface area contributed by atoms with E-state index in [0.717, 1.165) is 16.8 Å². The third kappa shape index (κ3) is 3.95. The van der Waals surface area contributed by atoms with Crippen molar-refractivity contribution in [3.05, 3.63) is 111 Å². The molecule has 0 aromatic heterocycles. The first-order chi connectivity index (χ1) is 14.5. The van der Waals surface area contributed by atoms with Gasteiger partial charge in [0, 0.05) is 17.7 Å². The minimum atomic E-state index is -0.470. The Morgan fingerprint density at radius 2 is 1.73 bits per heavy atom. The van der Waals surface area contributed by atoms with Gasteiger partial charge in [-0.2, -0.15) is 5.01 Å². The molecule has 1 amide bonds. The summed E-state index contributed by atoms with van der Waals surface area (Å²) in [5, 5.41) is 12.4. The number of carbonyl (C=O) groups is 1. The molecule has 0 radical (unpaired) electrons. The van der Waals surface area contributed by atoms with Crippen molar-refractivity contribution in [2.45, 2.75) is 6.92 Å². The van der Waals surface area contributed by atoms with Crippen LogP contribution in [-0.2, 0) is 4.79 Å². The van der Waals surface area contributed by atoms with Crippen LogP contribution in [0.25, 0.3) is 6.08 Å². The minimum absolute atomic E-state index is 0.0446. The third-order valence-electron chi connectivity index (χ3n) is 4.57. The van der Waals surface area contributed by atoms with Crippen molar-refractivity contribution in [2.75, 3.05) is 5.43 Å². The highest BCUT2D eigenvalue weighted by Gasteiger charge is 2.31. The maximum atomic E-state index is 13.1. The quantitative estimate of drug-likeness (QED) is 0.388. The van der Waals surface area contributed by atoms with E-state index in [1.807, 2.05) is 61.5 Å². The standard InChI is InChI=1S/C23H18N4O3/c1-16-10-12-18(13-11-16)22-24-21(15-17-6-5-9-20(14-17)27(29)30)23(28)26(22)25-19-7-3-2-4-8-19/h2-15,25H,1H3/b21-15+. The van der Waals surface area contributed by atoms with Gasteiger partial charge in [-0.1, -0.05) is 60.2 Å². The lowest BCUT2D eigenvalue weighted by atomic mass is 10.1. The van der Waals surface area contributed by atoms with Crippen molar-refractivity contribution in [1.82, 2.24) is 5.01 Å². The predicted molar refractivity (Wildman–Crippen MR) is 116 cm³/mol. The van der Waals surface area contributed by atoms with Crippen molar-refractivity contribution in [1.29, 1.82) is 0 Å². The van der Waals surface area contributed by atoms with Crippen molar-refractivity contribution in [2.24, 2.45) is 4.99 Å². The average molecular weight is 398 g/mol. The molecule has 1 aliphatic rings. The smallest absolute Gasteiger partial charge is 0.290 e. The van der Waals surface area contributed by atoms with Crippen LogP contribution in [0.15, 0.2) is 89.6 Å². The first kappa shape index (κ1) is 19.1. The van der Waals surface area contributed by atoms with Crippen molar-refractivity contribution < 1.29 is 9.72 Å². The molecule has 4 rings (SSSR count). The van der Waals surface area contributed by atoms with Crippen molar-refractivity contribution in [3.63, 3.8) is 0 Å². The number of amidine groups is 1. The summed E-state index contributed by atoms with van der Waals surface area (Å²) in [4.78, 5) is 28.2. The number of benzene rings is 3. The van der Waals surface area contributed by atoms with Gasteiger partial charge in [-0.05, 0) is 30.7 Å². The molecule has 1 N–H and O–H groups in total. The zero-order valence-electron chi connectivity index (χ0n) is 16.1. The van der Waals surface area contributed by atoms with Crippen molar-refractivity contribution in [3.8, 4) is 0 Å². The minimum Gasteiger partial charge on any atom is -0.290 e. The summed E-state index contributed by atoms with van der Waals surface area (Å²) in [6.45, 7) is 1.99. The number of anilines is 1. The Balaban J connectivity index is 1.74. The predicted octanol–water partition coefficient (Wildman–Crippen LogP) is 4.56. The lowest BCUT2D eigenvalue weighted by Crippen LogP contribution is -2.37. The van der Waals surface area contributed by atoms with Gasteiger partial charge in [-0.15, -0.1) is 0 Å². The van der Waals surface area contributed by atoms with Crippen LogP contribution >= 0.6 is 0 Å². The first-order valence-electron chi connectivity index (χ1n) is 9.29. The molecule has 7 nitrogen and oxygen atoms in total. The number of hydrazine groups is 1. The zero-order chi connectivity index (χ0) is 21.1. The van der Waals surface area contributed by atoms with E-state index in [0.29, 0.717) is 11.4 Å². The number of non-ortho nitro benzene ring substituents is 1. The number of aliphatic imine (C=N–C) groups is 1. The number of nitrogens with zero attached hydrogens (tertiary/aromatic N) is 3. The summed E-state index contributed by atoms with van der Waals surface area (Å²) in [6.07, 6.45) is 1.55. The second-order valence-electron chi connectivity index (χ2n) is 6.80. The Morgan fingerprint density at radius 1 is 1.00 bits per heavy atom. The van der Waals surface area contributed by atoms with Crippen LogP contribution in [0.2, 0.25) is 0 Å². The number of amides is 1. The topological polar surface area (TPSA) is 87.8 Å². The number of rotatable bonds is 5. The van der Waals surface area contributed by atoms with Crippen LogP contribution < -0.4 is 5.43 Å². The second-order valence-corrected chi connectivity index (χ2v) is 6.80. The number of carbonyl (C=O) groups excluding carboxylic acids is 1. The van der Waals surface area contributed by atoms with Gasteiger partial charge in [0.05, 0.1) is 10.6 Å². The molecule has 0 atom stereocenters. The fourth-order valence-electron chi connectivity index (χ4n) is 3.04. The Hall–Kier alpha value is -4.26. The van der Waals surface area contributed by atoms with Crippen LogP contribution in [0, 0.1) is 17.0 Å². The van der Waals surface area contributed by atoms with E-state index in [1.54, 1.807) is 18.2 Å². The number of nitrogens with one attached hydrogen (secondary N) is 1. The molecule has 3 aromatic rings. The average Bonchev–Trinajstić information content (AvgIpc) is 3.05. The maximum Gasteiger partial charge on any atom is 0.297 e. The summed E-state index contributed by atoms with van der Waals surface area (Å²) in [5.74, 6) is 0.112. The Kier molecular flexibility index (Phi) is 5.09. The van der Waals surface area contributed by atoms with E-state index in [9.17, 15) is 14.9 Å². The van der Waals surface area contributed by atoms with Crippen LogP contribution in [-0.4, -0.2) is 21.7 Å². The largest absolute Gasteiger partial charge is 0.297 e. The SMILES string of the molecule is Cc1ccc(C2=N/C(=C/c3cccc([N+](=O)[O-])c3)C(=O)N2Nc2ccccc2)cc1. The van der Waals surface area contributed by atoms with Gasteiger partial charge >= 0.3 is 0 Å². The Bertz CT molecular complexity index is 1170. The summed E-state index contributed by atoms with van der Waals surface area (Å²) < 4.78 is 0. The molecule has 148 valence electrons. The van der Waals surface area contributed by atoms with Gasteiger partial charge in [0.15, 0.2) is 5.84 Å². The monoisotopic (exact) mass is 398 g/mol. The maximum absolute atomic E-state index is 13.1. The molecule has 0 saturated heterocycles. The number of hydrogen-bond donors (Lipinski definition) is 1. The second kappa shape index (κ2) is 8.00. The van der Waals surface area contributed by atoms with E-state index in [1.165, 1.54) is 17.1 Å².